The second-order valence-corrected chi connectivity index (χ2v) is 8.34. The molecule has 0 spiro atoms. The number of rotatable bonds is 5. The molecule has 7 heteroatoms. The topological polar surface area (TPSA) is 78.8 Å². The van der Waals surface area contributed by atoms with Crippen LogP contribution in [0, 0.1) is 5.92 Å². The first-order chi connectivity index (χ1) is 12.1. The molecule has 1 saturated heterocycles. The molecule has 0 bridgehead atoms. The van der Waals surface area contributed by atoms with E-state index in [2.05, 4.69) is 22.7 Å². The summed E-state index contributed by atoms with van der Waals surface area (Å²) in [6.45, 7) is 1.13. The van der Waals surface area contributed by atoms with Gasteiger partial charge in [-0.15, -0.1) is 0 Å². The Kier molecular flexibility index (Phi) is 5.65. The number of carbonyl (C=O) groups excluding carboxylic acids is 1. The molecule has 3 rings (SSSR count). The van der Waals surface area contributed by atoms with Gasteiger partial charge in [0, 0.05) is 24.9 Å². The Morgan fingerprint density at radius 1 is 1.16 bits per heavy atom. The third-order valence-corrected chi connectivity index (χ3v) is 6.49. The van der Waals surface area contributed by atoms with Gasteiger partial charge in [-0.1, -0.05) is 12.2 Å². The number of benzene rings is 1. The number of hydrazone groups is 1. The predicted octanol–water partition coefficient (Wildman–Crippen LogP) is 2.54. The van der Waals surface area contributed by atoms with Crippen LogP contribution in [0.3, 0.4) is 0 Å². The van der Waals surface area contributed by atoms with E-state index < -0.39 is 10.0 Å². The average molecular weight is 361 g/mol. The number of nitrogens with zero attached hydrogens (tertiary/aromatic N) is 2. The maximum absolute atomic E-state index is 12.5. The highest BCUT2D eigenvalue weighted by Crippen LogP contribution is 2.21. The van der Waals surface area contributed by atoms with Gasteiger partial charge in [0.25, 0.3) is 5.91 Å². The normalized spacial score (nSPS) is 21.7. The Morgan fingerprint density at radius 3 is 2.52 bits per heavy atom. The Bertz CT molecular complexity index is 763. The van der Waals surface area contributed by atoms with E-state index in [0.29, 0.717) is 24.6 Å². The first-order valence-electron chi connectivity index (χ1n) is 8.66. The molecule has 25 heavy (non-hydrogen) atoms. The molecular formula is C18H23N3O3S. The highest BCUT2D eigenvalue weighted by Gasteiger charge is 2.27. The number of amides is 1. The van der Waals surface area contributed by atoms with Gasteiger partial charge in [-0.25, -0.2) is 13.8 Å². The van der Waals surface area contributed by atoms with Crippen LogP contribution in [0.5, 0.6) is 0 Å². The fourth-order valence-electron chi connectivity index (χ4n) is 3.07. The molecule has 0 radical (unpaired) electrons. The van der Waals surface area contributed by atoms with Gasteiger partial charge < -0.3 is 0 Å². The summed E-state index contributed by atoms with van der Waals surface area (Å²) in [7, 11) is -3.45. The maximum atomic E-state index is 12.5. The number of carbonyl (C=O) groups is 1. The number of hydrogen-bond acceptors (Lipinski definition) is 4. The van der Waals surface area contributed by atoms with Gasteiger partial charge in [-0.3, -0.25) is 4.79 Å². The van der Waals surface area contributed by atoms with E-state index in [1.54, 1.807) is 6.21 Å². The van der Waals surface area contributed by atoms with E-state index in [4.69, 9.17) is 0 Å². The third-order valence-electron chi connectivity index (χ3n) is 4.58. The zero-order chi connectivity index (χ0) is 17.7. The molecule has 2 aliphatic rings. The van der Waals surface area contributed by atoms with E-state index in [9.17, 15) is 13.2 Å². The molecule has 1 heterocycles. The summed E-state index contributed by atoms with van der Waals surface area (Å²) in [5, 5.41) is 4.02. The molecule has 0 aromatic heterocycles. The van der Waals surface area contributed by atoms with Crippen molar-refractivity contribution in [3.63, 3.8) is 0 Å². The largest absolute Gasteiger partial charge is 0.271 e. The summed E-state index contributed by atoms with van der Waals surface area (Å²) in [6.07, 6.45) is 10.9. The smallest absolute Gasteiger partial charge is 0.267 e. The number of allylic oxidation sites excluding steroid dienone is 2. The Balaban J connectivity index is 1.60. The van der Waals surface area contributed by atoms with Crippen LogP contribution in [0.15, 0.2) is 46.4 Å². The van der Waals surface area contributed by atoms with Gasteiger partial charge in [-0.05, 0) is 62.3 Å². The van der Waals surface area contributed by atoms with Crippen LogP contribution in [0.1, 0.15) is 42.5 Å². The van der Waals surface area contributed by atoms with Gasteiger partial charge >= 0.3 is 0 Å². The van der Waals surface area contributed by atoms with Gasteiger partial charge in [-0.2, -0.15) is 9.41 Å². The fraction of sp³-hybridized carbons (Fsp3) is 0.444. The van der Waals surface area contributed by atoms with Crippen LogP contribution in [0.2, 0.25) is 0 Å². The van der Waals surface area contributed by atoms with Crippen molar-refractivity contribution in [2.45, 2.75) is 37.0 Å². The van der Waals surface area contributed by atoms with E-state index >= 15 is 0 Å². The summed E-state index contributed by atoms with van der Waals surface area (Å²) in [5.74, 6) is 0.0194. The second-order valence-electron chi connectivity index (χ2n) is 6.40. The van der Waals surface area contributed by atoms with Crippen LogP contribution in [0.4, 0.5) is 0 Å². The Morgan fingerprint density at radius 2 is 1.88 bits per heavy atom. The summed E-state index contributed by atoms with van der Waals surface area (Å²) in [6, 6.07) is 6.02. The number of nitrogens with one attached hydrogen (secondary N) is 1. The van der Waals surface area contributed by atoms with Gasteiger partial charge in [0.15, 0.2) is 0 Å². The predicted molar refractivity (Wildman–Crippen MR) is 96.9 cm³/mol. The molecule has 1 aliphatic carbocycles. The lowest BCUT2D eigenvalue weighted by Crippen LogP contribution is -2.28. The minimum atomic E-state index is -3.45. The lowest BCUT2D eigenvalue weighted by molar-refractivity contribution is 0.0955. The Labute approximate surface area is 148 Å². The van der Waals surface area contributed by atoms with Gasteiger partial charge in [0.05, 0.1) is 4.90 Å². The van der Waals surface area contributed by atoms with Crippen molar-refractivity contribution < 1.29 is 13.2 Å². The summed E-state index contributed by atoms with van der Waals surface area (Å²) >= 11 is 0. The SMILES string of the molecule is O=C(N/N=C\[C@@H]1CC=CCC1)c1ccc(S(=O)(=O)N2CCCC2)cc1. The maximum Gasteiger partial charge on any atom is 0.271 e. The van der Waals surface area contributed by atoms with Gasteiger partial charge in [0.1, 0.15) is 0 Å². The lowest BCUT2D eigenvalue weighted by Gasteiger charge is -2.15. The van der Waals surface area contributed by atoms with E-state index in [1.807, 2.05) is 0 Å². The van der Waals surface area contributed by atoms with Crippen molar-refractivity contribution in [2.75, 3.05) is 13.1 Å². The van der Waals surface area contributed by atoms with Crippen molar-refractivity contribution in [1.82, 2.24) is 9.73 Å². The van der Waals surface area contributed by atoms with Crippen molar-refractivity contribution in [2.24, 2.45) is 11.0 Å². The molecule has 134 valence electrons. The fourth-order valence-corrected chi connectivity index (χ4v) is 4.59. The van der Waals surface area contributed by atoms with Crippen molar-refractivity contribution >= 4 is 22.1 Å². The van der Waals surface area contributed by atoms with Crippen molar-refractivity contribution in [3.8, 4) is 0 Å². The zero-order valence-corrected chi connectivity index (χ0v) is 14.9. The molecule has 1 aromatic rings. The van der Waals surface area contributed by atoms with Crippen LogP contribution in [-0.4, -0.2) is 37.9 Å². The van der Waals surface area contributed by atoms with Crippen LogP contribution < -0.4 is 5.43 Å². The number of hydrogen-bond donors (Lipinski definition) is 1. The molecule has 1 aromatic carbocycles. The van der Waals surface area contributed by atoms with E-state index in [-0.39, 0.29) is 10.8 Å². The van der Waals surface area contributed by atoms with E-state index in [1.165, 1.54) is 28.6 Å². The van der Waals surface area contributed by atoms with Gasteiger partial charge in [0.2, 0.25) is 10.0 Å². The summed E-state index contributed by atoms with van der Waals surface area (Å²) < 4.78 is 26.4. The van der Waals surface area contributed by atoms with E-state index in [0.717, 1.165) is 32.1 Å². The molecule has 1 atom stereocenters. The summed E-state index contributed by atoms with van der Waals surface area (Å²) in [4.78, 5) is 12.3. The van der Waals surface area contributed by atoms with Crippen LogP contribution in [0.25, 0.3) is 0 Å². The molecule has 0 unspecified atom stereocenters. The minimum absolute atomic E-state index is 0.225. The zero-order valence-electron chi connectivity index (χ0n) is 14.1. The lowest BCUT2D eigenvalue weighted by atomic mass is 9.96. The Hall–Kier alpha value is -1.99. The molecule has 1 amide bonds. The standard InChI is InChI=1S/C18H23N3O3S/c22-18(20-19-14-15-6-2-1-3-7-15)16-8-10-17(11-9-16)25(23,24)21-12-4-5-13-21/h1-2,8-11,14-15H,3-7,12-13H2,(H,20,22)/b19-14-/t15-/m1/s1. The average Bonchev–Trinajstić information content (AvgIpc) is 3.18. The molecule has 6 nitrogen and oxygen atoms in total. The second kappa shape index (κ2) is 7.93. The van der Waals surface area contributed by atoms with Crippen molar-refractivity contribution in [1.29, 1.82) is 0 Å². The van der Waals surface area contributed by atoms with Crippen LogP contribution >= 0.6 is 0 Å². The first-order valence-corrected chi connectivity index (χ1v) is 10.1. The molecule has 1 N–H and O–H groups in total. The molecule has 1 fully saturated rings. The molecular weight excluding hydrogens is 338 g/mol. The minimum Gasteiger partial charge on any atom is -0.267 e. The quantitative estimate of drug-likeness (QED) is 0.497. The van der Waals surface area contributed by atoms with Crippen LogP contribution in [-0.2, 0) is 10.0 Å². The highest BCUT2D eigenvalue weighted by atomic mass is 32.2. The molecule has 0 saturated carbocycles. The van der Waals surface area contributed by atoms with Crippen molar-refractivity contribution in [3.05, 3.63) is 42.0 Å². The first kappa shape index (κ1) is 17.8. The highest BCUT2D eigenvalue weighted by molar-refractivity contribution is 7.89. The molecule has 1 aliphatic heterocycles. The third kappa shape index (κ3) is 4.35. The monoisotopic (exact) mass is 361 g/mol. The number of sulfonamides is 1. The summed E-state index contributed by atoms with van der Waals surface area (Å²) in [5.41, 5.74) is 2.90.